The summed E-state index contributed by atoms with van der Waals surface area (Å²) in [5.41, 5.74) is 2.28. The molecule has 0 saturated carbocycles. The van der Waals surface area contributed by atoms with Crippen LogP contribution in [0.2, 0.25) is 0 Å². The van der Waals surface area contributed by atoms with Crippen LogP contribution in [-0.4, -0.2) is 27.0 Å². The van der Waals surface area contributed by atoms with Crippen molar-refractivity contribution in [3.05, 3.63) is 47.1 Å². The highest BCUT2D eigenvalue weighted by Crippen LogP contribution is 2.30. The van der Waals surface area contributed by atoms with E-state index in [1.807, 2.05) is 48.4 Å². The molecule has 0 fully saturated rings. The molecule has 0 spiro atoms. The van der Waals surface area contributed by atoms with Crippen molar-refractivity contribution in [3.63, 3.8) is 0 Å². The Labute approximate surface area is 126 Å². The average Bonchev–Trinajstić information content (AvgIpc) is 2.99. The molecule has 0 amide bonds. The Morgan fingerprint density at radius 2 is 2.29 bits per heavy atom. The number of benzene rings is 1. The summed E-state index contributed by atoms with van der Waals surface area (Å²) in [5, 5.41) is 11.4. The highest BCUT2D eigenvalue weighted by molar-refractivity contribution is 7.15. The predicted octanol–water partition coefficient (Wildman–Crippen LogP) is 3.56. The third-order valence-corrected chi connectivity index (χ3v) is 4.09. The highest BCUT2D eigenvalue weighted by Gasteiger charge is 2.24. The summed E-state index contributed by atoms with van der Waals surface area (Å²) in [7, 11) is 0. The van der Waals surface area contributed by atoms with Crippen LogP contribution in [0.25, 0.3) is 4.96 Å². The summed E-state index contributed by atoms with van der Waals surface area (Å²) in [6, 6.07) is 7.98. The van der Waals surface area contributed by atoms with Crippen LogP contribution < -0.4 is 4.90 Å². The summed E-state index contributed by atoms with van der Waals surface area (Å²) in [4.78, 5) is 18.7. The van der Waals surface area contributed by atoms with Crippen LogP contribution in [0.4, 0.5) is 11.5 Å². The number of thiazole rings is 1. The van der Waals surface area contributed by atoms with Crippen LogP contribution in [0.1, 0.15) is 23.0 Å². The number of fused-ring (bicyclic) bond motifs is 1. The Kier molecular flexibility index (Phi) is 3.39. The first-order valence-electron chi connectivity index (χ1n) is 6.65. The number of carboxylic acid groups (broad SMARTS) is 1. The second kappa shape index (κ2) is 5.21. The van der Waals surface area contributed by atoms with E-state index in [4.69, 9.17) is 0 Å². The first-order valence-corrected chi connectivity index (χ1v) is 7.53. The number of anilines is 2. The van der Waals surface area contributed by atoms with E-state index in [0.717, 1.165) is 11.3 Å². The molecule has 3 aromatic rings. The summed E-state index contributed by atoms with van der Waals surface area (Å²) in [6.07, 6.45) is 1.74. The van der Waals surface area contributed by atoms with E-state index < -0.39 is 5.97 Å². The molecular formula is C15H15N3O2S. The zero-order chi connectivity index (χ0) is 15.0. The summed E-state index contributed by atoms with van der Waals surface area (Å²) < 4.78 is 1.63. The van der Waals surface area contributed by atoms with Crippen molar-refractivity contribution in [2.45, 2.75) is 13.8 Å². The van der Waals surface area contributed by atoms with Gasteiger partial charge in [-0.15, -0.1) is 11.3 Å². The number of hydrogen-bond acceptors (Lipinski definition) is 4. The topological polar surface area (TPSA) is 57.8 Å². The molecule has 0 saturated heterocycles. The van der Waals surface area contributed by atoms with E-state index in [9.17, 15) is 9.90 Å². The van der Waals surface area contributed by atoms with E-state index in [-0.39, 0.29) is 5.69 Å². The molecule has 21 heavy (non-hydrogen) atoms. The molecule has 1 aromatic carbocycles. The van der Waals surface area contributed by atoms with Gasteiger partial charge in [-0.25, -0.2) is 9.78 Å². The van der Waals surface area contributed by atoms with E-state index >= 15 is 0 Å². The fourth-order valence-corrected chi connectivity index (χ4v) is 3.12. The molecule has 0 atom stereocenters. The second-order valence-corrected chi connectivity index (χ2v) is 5.60. The van der Waals surface area contributed by atoms with Crippen LogP contribution in [-0.2, 0) is 0 Å². The molecule has 0 aliphatic heterocycles. The number of aromatic nitrogens is 2. The van der Waals surface area contributed by atoms with Gasteiger partial charge in [0.15, 0.2) is 16.5 Å². The zero-order valence-corrected chi connectivity index (χ0v) is 12.6. The van der Waals surface area contributed by atoms with Crippen molar-refractivity contribution in [2.75, 3.05) is 11.4 Å². The van der Waals surface area contributed by atoms with Crippen LogP contribution >= 0.6 is 11.3 Å². The van der Waals surface area contributed by atoms with Crippen LogP contribution in [0, 0.1) is 6.92 Å². The Morgan fingerprint density at radius 1 is 1.48 bits per heavy atom. The predicted molar refractivity (Wildman–Crippen MR) is 83.9 cm³/mol. The highest BCUT2D eigenvalue weighted by atomic mass is 32.1. The minimum absolute atomic E-state index is 0.203. The van der Waals surface area contributed by atoms with E-state index in [0.29, 0.717) is 17.3 Å². The molecule has 6 heteroatoms. The third-order valence-electron chi connectivity index (χ3n) is 3.33. The lowest BCUT2D eigenvalue weighted by atomic mass is 10.2. The van der Waals surface area contributed by atoms with Gasteiger partial charge in [0.2, 0.25) is 0 Å². The molecule has 5 nitrogen and oxygen atoms in total. The minimum atomic E-state index is -0.970. The number of aromatic carboxylic acids is 1. The Morgan fingerprint density at radius 3 is 2.95 bits per heavy atom. The lowest BCUT2D eigenvalue weighted by Crippen LogP contribution is -2.19. The summed E-state index contributed by atoms with van der Waals surface area (Å²) >= 11 is 1.43. The molecule has 2 aromatic heterocycles. The first kappa shape index (κ1) is 13.6. The van der Waals surface area contributed by atoms with Crippen molar-refractivity contribution >= 4 is 33.8 Å². The van der Waals surface area contributed by atoms with Gasteiger partial charge in [-0.05, 0) is 31.5 Å². The summed E-state index contributed by atoms with van der Waals surface area (Å²) in [6.45, 7) is 4.65. The molecular weight excluding hydrogens is 286 g/mol. The fourth-order valence-electron chi connectivity index (χ4n) is 2.41. The fraction of sp³-hybridized carbons (Fsp3) is 0.200. The molecule has 2 heterocycles. The smallest absolute Gasteiger partial charge is 0.356 e. The maximum Gasteiger partial charge on any atom is 0.356 e. The minimum Gasteiger partial charge on any atom is -0.476 e. The van der Waals surface area contributed by atoms with Crippen molar-refractivity contribution in [1.82, 2.24) is 9.38 Å². The maximum atomic E-state index is 11.6. The molecule has 1 N–H and O–H groups in total. The van der Waals surface area contributed by atoms with E-state index in [2.05, 4.69) is 4.98 Å². The number of nitrogens with zero attached hydrogens (tertiary/aromatic N) is 3. The first-order chi connectivity index (χ1) is 10.1. The van der Waals surface area contributed by atoms with Crippen molar-refractivity contribution in [3.8, 4) is 0 Å². The van der Waals surface area contributed by atoms with Crippen molar-refractivity contribution < 1.29 is 9.90 Å². The molecule has 0 aliphatic rings. The number of carbonyl (C=O) groups is 1. The normalized spacial score (nSPS) is 11.0. The number of imidazole rings is 1. The molecule has 108 valence electrons. The van der Waals surface area contributed by atoms with Gasteiger partial charge in [-0.2, -0.15) is 0 Å². The number of hydrogen-bond donors (Lipinski definition) is 1. The molecule has 0 unspecified atom stereocenters. The average molecular weight is 301 g/mol. The summed E-state index contributed by atoms with van der Waals surface area (Å²) in [5.74, 6) is -0.482. The SMILES string of the molecule is CCN(c1cccc(C)c1)c1nc2sccn2c1C(=O)O. The van der Waals surface area contributed by atoms with Gasteiger partial charge in [0.1, 0.15) is 0 Å². The standard InChI is InChI=1S/C15H15N3O2S/c1-3-17(11-6-4-5-10(2)9-11)13-12(14(19)20)18-7-8-21-15(18)16-13/h4-9H,3H2,1-2H3,(H,19,20). The maximum absolute atomic E-state index is 11.6. The van der Waals surface area contributed by atoms with Gasteiger partial charge < -0.3 is 10.0 Å². The Balaban J connectivity index is 2.19. The zero-order valence-electron chi connectivity index (χ0n) is 11.8. The lowest BCUT2D eigenvalue weighted by Gasteiger charge is -2.21. The van der Waals surface area contributed by atoms with Crippen LogP contribution in [0.5, 0.6) is 0 Å². The van der Waals surface area contributed by atoms with Crippen molar-refractivity contribution in [2.24, 2.45) is 0 Å². The number of rotatable bonds is 4. The van der Waals surface area contributed by atoms with Gasteiger partial charge >= 0.3 is 5.97 Å². The van der Waals surface area contributed by atoms with Gasteiger partial charge in [0.25, 0.3) is 0 Å². The van der Waals surface area contributed by atoms with Crippen LogP contribution in [0.15, 0.2) is 35.8 Å². The van der Waals surface area contributed by atoms with Gasteiger partial charge in [0.05, 0.1) is 0 Å². The lowest BCUT2D eigenvalue weighted by molar-refractivity contribution is 0.0690. The second-order valence-electron chi connectivity index (χ2n) is 4.73. The van der Waals surface area contributed by atoms with E-state index in [1.54, 1.807) is 10.6 Å². The monoisotopic (exact) mass is 301 g/mol. The Hall–Kier alpha value is -2.34. The van der Waals surface area contributed by atoms with Crippen LogP contribution in [0.3, 0.4) is 0 Å². The Bertz CT molecular complexity index is 806. The molecule has 0 radical (unpaired) electrons. The third kappa shape index (κ3) is 2.27. The quantitative estimate of drug-likeness (QED) is 0.800. The number of aryl methyl sites for hydroxylation is 1. The largest absolute Gasteiger partial charge is 0.476 e. The van der Waals surface area contributed by atoms with Gasteiger partial charge in [-0.1, -0.05) is 12.1 Å². The molecule has 0 aliphatic carbocycles. The van der Waals surface area contributed by atoms with E-state index in [1.165, 1.54) is 11.3 Å². The number of carboxylic acids is 1. The van der Waals surface area contributed by atoms with Gasteiger partial charge in [-0.3, -0.25) is 4.40 Å². The molecule has 0 bridgehead atoms. The van der Waals surface area contributed by atoms with Crippen molar-refractivity contribution in [1.29, 1.82) is 0 Å². The molecule has 3 rings (SSSR count). The van der Waals surface area contributed by atoms with Gasteiger partial charge in [0, 0.05) is 23.8 Å².